The molecule has 1 aliphatic heterocycles. The average Bonchev–Trinajstić information content (AvgIpc) is 3.24. The fourth-order valence-corrected chi connectivity index (χ4v) is 5.37. The molecule has 6 heteroatoms. The standard InChI is InChI=1S/C27H34ClN3O2/c1-3-8-25(32)31(22-9-5-4-6-10-22)27(20-33-2)14-17-30(18-15-27)16-13-21-19-29-26-23(21)11-7-12-24(26)28/h4-7,9-12,19,29H,3,8,13-18,20H2,1-2H3. The lowest BCUT2D eigenvalue weighted by Crippen LogP contribution is -2.60. The molecule has 1 amide bonds. The van der Waals surface area contributed by atoms with Crippen LogP contribution in [0.4, 0.5) is 5.69 Å². The minimum absolute atomic E-state index is 0.185. The van der Waals surface area contributed by atoms with Crippen LogP contribution in [0.2, 0.25) is 5.02 Å². The Morgan fingerprint density at radius 1 is 1.15 bits per heavy atom. The number of fused-ring (bicyclic) bond motifs is 1. The second-order valence-electron chi connectivity index (χ2n) is 9.04. The SMILES string of the molecule is CCCC(=O)N(c1ccccc1)C1(COC)CCN(CCc2c[nH]c3c(Cl)cccc23)CC1. The van der Waals surface area contributed by atoms with Gasteiger partial charge >= 0.3 is 0 Å². The number of benzene rings is 2. The van der Waals surface area contributed by atoms with Gasteiger partial charge in [-0.25, -0.2) is 0 Å². The first-order chi connectivity index (χ1) is 16.1. The molecule has 0 spiro atoms. The van der Waals surface area contributed by atoms with Gasteiger partial charge in [0.1, 0.15) is 0 Å². The first kappa shape index (κ1) is 23.8. The van der Waals surface area contributed by atoms with E-state index in [4.69, 9.17) is 16.3 Å². The van der Waals surface area contributed by atoms with Crippen LogP contribution in [-0.4, -0.2) is 54.7 Å². The number of piperidine rings is 1. The van der Waals surface area contributed by atoms with Crippen molar-refractivity contribution in [1.29, 1.82) is 0 Å². The highest BCUT2D eigenvalue weighted by atomic mass is 35.5. The monoisotopic (exact) mass is 467 g/mol. The van der Waals surface area contributed by atoms with Crippen LogP contribution in [0, 0.1) is 0 Å². The van der Waals surface area contributed by atoms with E-state index in [2.05, 4.69) is 29.1 Å². The summed E-state index contributed by atoms with van der Waals surface area (Å²) in [6.07, 6.45) is 6.22. The molecule has 0 aliphatic carbocycles. The second-order valence-corrected chi connectivity index (χ2v) is 9.45. The summed E-state index contributed by atoms with van der Waals surface area (Å²) in [6, 6.07) is 16.1. The quantitative estimate of drug-likeness (QED) is 0.440. The van der Waals surface area contributed by atoms with Crippen LogP contribution in [0.1, 0.15) is 38.2 Å². The minimum atomic E-state index is -0.312. The van der Waals surface area contributed by atoms with Gasteiger partial charge in [-0.2, -0.15) is 0 Å². The maximum absolute atomic E-state index is 13.3. The number of H-pyrrole nitrogens is 1. The van der Waals surface area contributed by atoms with Crippen molar-refractivity contribution in [2.75, 3.05) is 38.3 Å². The van der Waals surface area contributed by atoms with E-state index in [1.54, 1.807) is 7.11 Å². The first-order valence-corrected chi connectivity index (χ1v) is 12.3. The smallest absolute Gasteiger partial charge is 0.227 e. The van der Waals surface area contributed by atoms with Crippen LogP contribution in [0.15, 0.2) is 54.7 Å². The van der Waals surface area contributed by atoms with E-state index in [0.29, 0.717) is 13.0 Å². The average molecular weight is 468 g/mol. The van der Waals surface area contributed by atoms with E-state index in [0.717, 1.165) is 61.5 Å². The molecule has 1 saturated heterocycles. The van der Waals surface area contributed by atoms with Gasteiger partial charge in [-0.1, -0.05) is 48.9 Å². The largest absolute Gasteiger partial charge is 0.382 e. The van der Waals surface area contributed by atoms with E-state index in [1.165, 1.54) is 10.9 Å². The Kier molecular flexibility index (Phi) is 7.74. The normalized spacial score (nSPS) is 16.2. The maximum Gasteiger partial charge on any atom is 0.227 e. The molecule has 4 rings (SSSR count). The van der Waals surface area contributed by atoms with E-state index in [9.17, 15) is 4.79 Å². The van der Waals surface area contributed by atoms with E-state index in [1.807, 2.05) is 47.4 Å². The fraction of sp³-hybridized carbons (Fsp3) is 0.444. The maximum atomic E-state index is 13.3. The third-order valence-corrected chi connectivity index (χ3v) is 7.16. The van der Waals surface area contributed by atoms with Crippen LogP contribution < -0.4 is 4.90 Å². The molecule has 2 aromatic carbocycles. The number of halogens is 1. The molecule has 33 heavy (non-hydrogen) atoms. The van der Waals surface area contributed by atoms with Gasteiger partial charge < -0.3 is 19.5 Å². The van der Waals surface area contributed by atoms with Crippen molar-refractivity contribution in [3.8, 4) is 0 Å². The summed E-state index contributed by atoms with van der Waals surface area (Å²) in [7, 11) is 1.74. The number of para-hydroxylation sites is 2. The molecule has 0 unspecified atom stereocenters. The van der Waals surface area contributed by atoms with Crippen molar-refractivity contribution < 1.29 is 9.53 Å². The minimum Gasteiger partial charge on any atom is -0.382 e. The molecule has 3 aromatic rings. The number of likely N-dealkylation sites (tertiary alicyclic amines) is 1. The Bertz CT molecular complexity index is 1060. The first-order valence-electron chi connectivity index (χ1n) is 11.9. The molecule has 5 nitrogen and oxygen atoms in total. The third-order valence-electron chi connectivity index (χ3n) is 6.85. The number of carbonyl (C=O) groups is 1. The van der Waals surface area contributed by atoms with Crippen LogP contribution in [-0.2, 0) is 16.0 Å². The molecule has 176 valence electrons. The van der Waals surface area contributed by atoms with Gasteiger partial charge in [-0.05, 0) is 49.4 Å². The summed E-state index contributed by atoms with van der Waals surface area (Å²) in [5.41, 5.74) is 2.97. The summed E-state index contributed by atoms with van der Waals surface area (Å²) in [5.74, 6) is 0.185. The van der Waals surface area contributed by atoms with Crippen LogP contribution in [0.25, 0.3) is 10.9 Å². The lowest BCUT2D eigenvalue weighted by molar-refractivity contribution is -0.121. The molecule has 1 fully saturated rings. The molecule has 1 aliphatic rings. The Hall–Kier alpha value is -2.34. The van der Waals surface area contributed by atoms with Gasteiger partial charge in [0.05, 0.1) is 22.7 Å². The summed E-state index contributed by atoms with van der Waals surface area (Å²) < 4.78 is 5.70. The molecule has 1 N–H and O–H groups in total. The Morgan fingerprint density at radius 2 is 1.91 bits per heavy atom. The summed E-state index contributed by atoms with van der Waals surface area (Å²) >= 11 is 6.32. The predicted molar refractivity (Wildman–Crippen MR) is 136 cm³/mol. The molecule has 0 bridgehead atoms. The number of hydrogen-bond acceptors (Lipinski definition) is 3. The number of carbonyl (C=O) groups excluding carboxylic acids is 1. The van der Waals surface area contributed by atoms with E-state index < -0.39 is 0 Å². The Balaban J connectivity index is 1.48. The number of rotatable bonds is 9. The summed E-state index contributed by atoms with van der Waals surface area (Å²) in [5, 5.41) is 1.97. The number of methoxy groups -OCH3 is 1. The lowest BCUT2D eigenvalue weighted by atomic mass is 9.85. The Labute approximate surface area is 201 Å². The molecule has 0 saturated carbocycles. The highest BCUT2D eigenvalue weighted by molar-refractivity contribution is 6.35. The Morgan fingerprint density at radius 3 is 2.61 bits per heavy atom. The highest BCUT2D eigenvalue weighted by Gasteiger charge is 2.43. The molecular weight excluding hydrogens is 434 g/mol. The zero-order chi connectivity index (χ0) is 23.3. The molecule has 0 radical (unpaired) electrons. The van der Waals surface area contributed by atoms with Gasteiger partial charge in [-0.3, -0.25) is 4.79 Å². The van der Waals surface area contributed by atoms with Gasteiger partial charge in [-0.15, -0.1) is 0 Å². The van der Waals surface area contributed by atoms with E-state index >= 15 is 0 Å². The van der Waals surface area contributed by atoms with Crippen molar-refractivity contribution in [3.63, 3.8) is 0 Å². The number of nitrogens with zero attached hydrogens (tertiary/aromatic N) is 2. The number of anilines is 1. The van der Waals surface area contributed by atoms with Crippen molar-refractivity contribution in [2.24, 2.45) is 0 Å². The molecular formula is C27H34ClN3O2. The lowest BCUT2D eigenvalue weighted by Gasteiger charge is -2.48. The number of ether oxygens (including phenoxy) is 1. The van der Waals surface area contributed by atoms with Gasteiger partial charge in [0, 0.05) is 50.4 Å². The van der Waals surface area contributed by atoms with Crippen LogP contribution >= 0.6 is 11.6 Å². The molecule has 1 aromatic heterocycles. The van der Waals surface area contributed by atoms with Gasteiger partial charge in [0.2, 0.25) is 5.91 Å². The number of amides is 1. The van der Waals surface area contributed by atoms with Crippen molar-refractivity contribution in [2.45, 2.75) is 44.6 Å². The van der Waals surface area contributed by atoms with Crippen molar-refractivity contribution >= 4 is 34.1 Å². The number of nitrogens with one attached hydrogen (secondary N) is 1. The van der Waals surface area contributed by atoms with Crippen LogP contribution in [0.3, 0.4) is 0 Å². The summed E-state index contributed by atoms with van der Waals surface area (Å²) in [6.45, 7) is 5.47. The molecule has 2 heterocycles. The topological polar surface area (TPSA) is 48.6 Å². The zero-order valence-electron chi connectivity index (χ0n) is 19.6. The van der Waals surface area contributed by atoms with Crippen LogP contribution in [0.5, 0.6) is 0 Å². The third kappa shape index (κ3) is 5.11. The number of aromatic amines is 1. The summed E-state index contributed by atoms with van der Waals surface area (Å²) in [4.78, 5) is 21.1. The fourth-order valence-electron chi connectivity index (χ4n) is 5.14. The predicted octanol–water partition coefficient (Wildman–Crippen LogP) is 5.68. The highest BCUT2D eigenvalue weighted by Crippen LogP contribution is 2.35. The molecule has 0 atom stereocenters. The zero-order valence-corrected chi connectivity index (χ0v) is 20.4. The number of aromatic nitrogens is 1. The van der Waals surface area contributed by atoms with Gasteiger partial charge in [0.15, 0.2) is 0 Å². The van der Waals surface area contributed by atoms with E-state index in [-0.39, 0.29) is 11.4 Å². The van der Waals surface area contributed by atoms with Crippen molar-refractivity contribution in [1.82, 2.24) is 9.88 Å². The van der Waals surface area contributed by atoms with Gasteiger partial charge in [0.25, 0.3) is 0 Å². The second kappa shape index (κ2) is 10.7. The number of hydrogen-bond donors (Lipinski definition) is 1. The van der Waals surface area contributed by atoms with Crippen molar-refractivity contribution in [3.05, 3.63) is 65.3 Å².